The molecule has 0 spiro atoms. The Balaban J connectivity index is 1.57. The van der Waals surface area contributed by atoms with Crippen molar-refractivity contribution in [2.24, 2.45) is 0 Å². The fraction of sp³-hybridized carbons (Fsp3) is 0.150. The predicted molar refractivity (Wildman–Crippen MR) is 103 cm³/mol. The Kier molecular flexibility index (Phi) is 4.33. The van der Waals surface area contributed by atoms with Crippen LogP contribution in [-0.2, 0) is 6.54 Å². The lowest BCUT2D eigenvalue weighted by atomic mass is 10.1. The zero-order valence-corrected chi connectivity index (χ0v) is 15.0. The summed E-state index contributed by atoms with van der Waals surface area (Å²) >= 11 is 0. The number of carbonyl (C=O) groups is 1. The van der Waals surface area contributed by atoms with Crippen molar-refractivity contribution >= 4 is 22.5 Å². The molecule has 2 heterocycles. The molecule has 1 amide bonds. The summed E-state index contributed by atoms with van der Waals surface area (Å²) in [4.78, 5) is 17.3. The second-order valence-corrected chi connectivity index (χ2v) is 6.44. The van der Waals surface area contributed by atoms with E-state index in [1.807, 2.05) is 50.2 Å². The van der Waals surface area contributed by atoms with Gasteiger partial charge in [0.25, 0.3) is 5.91 Å². The van der Waals surface area contributed by atoms with Gasteiger partial charge in [0.2, 0.25) is 0 Å². The lowest BCUT2D eigenvalue weighted by Gasteiger charge is -2.12. The summed E-state index contributed by atoms with van der Waals surface area (Å²) < 4.78 is 1.63. The third-order valence-electron chi connectivity index (χ3n) is 4.41. The van der Waals surface area contributed by atoms with E-state index in [0.717, 1.165) is 33.4 Å². The Hall–Kier alpha value is -3.61. The molecule has 0 aliphatic rings. The van der Waals surface area contributed by atoms with E-state index in [2.05, 4.69) is 25.8 Å². The maximum absolute atomic E-state index is 12.7. The molecule has 0 saturated heterocycles. The molecule has 27 heavy (non-hydrogen) atoms. The van der Waals surface area contributed by atoms with Gasteiger partial charge in [-0.15, -0.1) is 5.10 Å². The van der Waals surface area contributed by atoms with E-state index >= 15 is 0 Å². The Morgan fingerprint density at radius 1 is 1.04 bits per heavy atom. The first-order valence-electron chi connectivity index (χ1n) is 8.58. The first kappa shape index (κ1) is 16.8. The minimum Gasteiger partial charge on any atom is -0.321 e. The van der Waals surface area contributed by atoms with Gasteiger partial charge >= 0.3 is 0 Å². The van der Waals surface area contributed by atoms with Crippen LogP contribution >= 0.6 is 0 Å². The maximum Gasteiger partial charge on any atom is 0.255 e. The van der Waals surface area contributed by atoms with Gasteiger partial charge in [0, 0.05) is 16.6 Å². The molecule has 0 radical (unpaired) electrons. The molecule has 0 unspecified atom stereocenters. The van der Waals surface area contributed by atoms with E-state index in [4.69, 9.17) is 0 Å². The number of benzene rings is 2. The normalized spacial score (nSPS) is 10.9. The number of tetrazole rings is 1. The lowest BCUT2D eigenvalue weighted by molar-refractivity contribution is 0.102. The molecule has 2 aromatic heterocycles. The standard InChI is InChI=1S/C20H18N6O/c1-13-3-10-18-17(9-4-14(2)22-18)19(13)23-20(27)16-7-5-15(6-8-16)11-26-12-21-24-25-26/h3-10,12H,11H2,1-2H3,(H,23,27). The fourth-order valence-corrected chi connectivity index (χ4v) is 2.97. The van der Waals surface area contributed by atoms with Gasteiger partial charge in [-0.2, -0.15) is 0 Å². The minimum atomic E-state index is -0.153. The van der Waals surface area contributed by atoms with Crippen molar-refractivity contribution in [3.8, 4) is 0 Å². The number of nitrogens with one attached hydrogen (secondary N) is 1. The molecular weight excluding hydrogens is 340 g/mol. The van der Waals surface area contributed by atoms with Crippen molar-refractivity contribution in [2.45, 2.75) is 20.4 Å². The Morgan fingerprint density at radius 3 is 2.59 bits per heavy atom. The Bertz CT molecular complexity index is 1100. The second-order valence-electron chi connectivity index (χ2n) is 6.44. The molecule has 2 aromatic carbocycles. The number of anilines is 1. The van der Waals surface area contributed by atoms with E-state index in [9.17, 15) is 4.79 Å². The van der Waals surface area contributed by atoms with E-state index in [1.165, 1.54) is 0 Å². The van der Waals surface area contributed by atoms with Gasteiger partial charge in [-0.05, 0) is 65.7 Å². The highest BCUT2D eigenvalue weighted by Gasteiger charge is 2.12. The quantitative estimate of drug-likeness (QED) is 0.606. The zero-order chi connectivity index (χ0) is 18.8. The van der Waals surface area contributed by atoms with Crippen molar-refractivity contribution in [2.75, 3.05) is 5.32 Å². The van der Waals surface area contributed by atoms with Gasteiger partial charge in [0.15, 0.2) is 0 Å². The Labute approximate surface area is 156 Å². The van der Waals surface area contributed by atoms with Crippen LogP contribution in [0.3, 0.4) is 0 Å². The van der Waals surface area contributed by atoms with Gasteiger partial charge in [0.05, 0.1) is 17.7 Å². The topological polar surface area (TPSA) is 85.6 Å². The van der Waals surface area contributed by atoms with Gasteiger partial charge in [-0.25, -0.2) is 4.68 Å². The number of hydrogen-bond acceptors (Lipinski definition) is 5. The number of aromatic nitrogens is 5. The summed E-state index contributed by atoms with van der Waals surface area (Å²) in [6.45, 7) is 4.49. The number of hydrogen-bond donors (Lipinski definition) is 1. The van der Waals surface area contributed by atoms with Crippen LogP contribution in [-0.4, -0.2) is 31.1 Å². The molecule has 0 aliphatic carbocycles. The molecule has 0 aliphatic heterocycles. The highest BCUT2D eigenvalue weighted by atomic mass is 16.1. The molecule has 4 aromatic rings. The van der Waals surface area contributed by atoms with Crippen LogP contribution in [0.1, 0.15) is 27.2 Å². The fourth-order valence-electron chi connectivity index (χ4n) is 2.97. The third-order valence-corrected chi connectivity index (χ3v) is 4.41. The third kappa shape index (κ3) is 3.52. The Morgan fingerprint density at radius 2 is 1.85 bits per heavy atom. The van der Waals surface area contributed by atoms with Crippen LogP contribution in [0, 0.1) is 13.8 Å². The van der Waals surface area contributed by atoms with Crippen molar-refractivity contribution in [1.82, 2.24) is 25.2 Å². The van der Waals surface area contributed by atoms with Crippen LogP contribution in [0.4, 0.5) is 5.69 Å². The molecule has 4 rings (SSSR count). The van der Waals surface area contributed by atoms with Crippen molar-refractivity contribution < 1.29 is 4.79 Å². The minimum absolute atomic E-state index is 0.153. The molecule has 0 saturated carbocycles. The van der Waals surface area contributed by atoms with Gasteiger partial charge in [-0.3, -0.25) is 9.78 Å². The summed E-state index contributed by atoms with van der Waals surface area (Å²) in [5.41, 5.74) is 5.21. The van der Waals surface area contributed by atoms with Crippen LogP contribution in [0.25, 0.3) is 10.9 Å². The molecule has 0 fully saturated rings. The smallest absolute Gasteiger partial charge is 0.255 e. The van der Waals surface area contributed by atoms with E-state index in [-0.39, 0.29) is 5.91 Å². The van der Waals surface area contributed by atoms with Crippen LogP contribution in [0.5, 0.6) is 0 Å². The van der Waals surface area contributed by atoms with Crippen LogP contribution < -0.4 is 5.32 Å². The van der Waals surface area contributed by atoms with Crippen molar-refractivity contribution in [3.05, 3.63) is 77.2 Å². The number of nitrogens with zero attached hydrogens (tertiary/aromatic N) is 5. The average Bonchev–Trinajstić information content (AvgIpc) is 3.17. The highest BCUT2D eigenvalue weighted by Crippen LogP contribution is 2.27. The number of aryl methyl sites for hydroxylation is 2. The molecule has 7 heteroatoms. The molecular formula is C20H18N6O. The van der Waals surface area contributed by atoms with Gasteiger partial charge < -0.3 is 5.32 Å². The summed E-state index contributed by atoms with van der Waals surface area (Å²) in [5.74, 6) is -0.153. The molecule has 7 nitrogen and oxygen atoms in total. The molecule has 134 valence electrons. The van der Waals surface area contributed by atoms with E-state index < -0.39 is 0 Å². The lowest BCUT2D eigenvalue weighted by Crippen LogP contribution is -2.13. The second kappa shape index (κ2) is 6.95. The summed E-state index contributed by atoms with van der Waals surface area (Å²) in [7, 11) is 0. The summed E-state index contributed by atoms with van der Waals surface area (Å²) in [6.07, 6.45) is 1.56. The van der Waals surface area contributed by atoms with Crippen molar-refractivity contribution in [1.29, 1.82) is 0 Å². The average molecular weight is 358 g/mol. The molecule has 0 atom stereocenters. The number of carbonyl (C=O) groups excluding carboxylic acids is 1. The first-order valence-corrected chi connectivity index (χ1v) is 8.58. The summed E-state index contributed by atoms with van der Waals surface area (Å²) in [6, 6.07) is 15.3. The SMILES string of the molecule is Cc1ccc2c(NC(=O)c3ccc(Cn4cnnn4)cc3)c(C)ccc2n1. The predicted octanol–water partition coefficient (Wildman–Crippen LogP) is 3.14. The van der Waals surface area contributed by atoms with E-state index in [1.54, 1.807) is 23.1 Å². The van der Waals surface area contributed by atoms with E-state index in [0.29, 0.717) is 12.1 Å². The number of pyridine rings is 1. The van der Waals surface area contributed by atoms with Gasteiger partial charge in [0.1, 0.15) is 6.33 Å². The number of fused-ring (bicyclic) bond motifs is 1. The molecule has 1 N–H and O–H groups in total. The summed E-state index contributed by atoms with van der Waals surface area (Å²) in [5, 5.41) is 15.0. The largest absolute Gasteiger partial charge is 0.321 e. The first-order chi connectivity index (χ1) is 13.1. The molecule has 0 bridgehead atoms. The highest BCUT2D eigenvalue weighted by molar-refractivity contribution is 6.09. The number of amides is 1. The van der Waals surface area contributed by atoms with Crippen molar-refractivity contribution in [3.63, 3.8) is 0 Å². The number of rotatable bonds is 4. The van der Waals surface area contributed by atoms with Crippen LogP contribution in [0.2, 0.25) is 0 Å². The van der Waals surface area contributed by atoms with Gasteiger partial charge in [-0.1, -0.05) is 18.2 Å². The zero-order valence-electron chi connectivity index (χ0n) is 15.0. The van der Waals surface area contributed by atoms with Crippen LogP contribution in [0.15, 0.2) is 54.9 Å². The maximum atomic E-state index is 12.7. The monoisotopic (exact) mass is 358 g/mol.